The maximum atomic E-state index is 11.5. The van der Waals surface area contributed by atoms with Gasteiger partial charge in [0.25, 0.3) is 0 Å². The molecule has 0 radical (unpaired) electrons. The van der Waals surface area contributed by atoms with Gasteiger partial charge in [-0.1, -0.05) is 26.8 Å². The van der Waals surface area contributed by atoms with Crippen molar-refractivity contribution in [2.24, 2.45) is 23.2 Å². The molecule has 1 heteroatoms. The second-order valence-corrected chi connectivity index (χ2v) is 6.24. The van der Waals surface area contributed by atoms with E-state index in [9.17, 15) is 4.79 Å². The van der Waals surface area contributed by atoms with Crippen LogP contribution in [0.3, 0.4) is 0 Å². The van der Waals surface area contributed by atoms with Crippen molar-refractivity contribution < 1.29 is 4.79 Å². The van der Waals surface area contributed by atoms with Crippen LogP contribution in [0.1, 0.15) is 53.4 Å². The number of allylic oxidation sites excluding steroid dienone is 2. The second-order valence-electron chi connectivity index (χ2n) is 6.24. The molecule has 2 rings (SSSR count). The highest BCUT2D eigenvalue weighted by Gasteiger charge is 2.45. The highest BCUT2D eigenvalue weighted by Crippen LogP contribution is 2.54. The Labute approximate surface area is 99.3 Å². The van der Waals surface area contributed by atoms with Gasteiger partial charge in [-0.15, -0.1) is 0 Å². The van der Waals surface area contributed by atoms with Crippen LogP contribution in [-0.2, 0) is 4.79 Å². The minimum Gasteiger partial charge on any atom is -0.295 e. The first-order valence-electron chi connectivity index (χ1n) is 6.67. The molecule has 0 bridgehead atoms. The molecule has 1 nitrogen and oxygen atoms in total. The summed E-state index contributed by atoms with van der Waals surface area (Å²) in [5, 5.41) is 0. The van der Waals surface area contributed by atoms with Crippen LogP contribution >= 0.6 is 0 Å². The van der Waals surface area contributed by atoms with Gasteiger partial charge >= 0.3 is 0 Å². The molecule has 0 aromatic carbocycles. The predicted octanol–water partition coefficient (Wildman–Crippen LogP) is 3.98. The fourth-order valence-corrected chi connectivity index (χ4v) is 3.77. The van der Waals surface area contributed by atoms with Crippen LogP contribution < -0.4 is 0 Å². The standard InChI is InChI=1S/C15H24O/c1-10-5-6-11(2)15(4)8-7-13(12(3)16)9-14(10)15/h9-11,14H,5-8H2,1-4H3. The van der Waals surface area contributed by atoms with Crippen LogP contribution in [0.25, 0.3) is 0 Å². The minimum absolute atomic E-state index is 0.285. The fraction of sp³-hybridized carbons (Fsp3) is 0.800. The van der Waals surface area contributed by atoms with Gasteiger partial charge in [-0.3, -0.25) is 4.79 Å². The molecule has 0 N–H and O–H groups in total. The molecule has 0 aromatic rings. The number of Topliss-reactive ketones (excluding diaryl/α,β-unsaturated/α-hetero) is 1. The van der Waals surface area contributed by atoms with Crippen molar-refractivity contribution in [3.05, 3.63) is 11.6 Å². The van der Waals surface area contributed by atoms with E-state index in [4.69, 9.17) is 0 Å². The van der Waals surface area contributed by atoms with Crippen LogP contribution in [0.15, 0.2) is 11.6 Å². The van der Waals surface area contributed by atoms with E-state index >= 15 is 0 Å². The molecule has 0 spiro atoms. The summed E-state index contributed by atoms with van der Waals surface area (Å²) >= 11 is 0. The molecule has 2 aliphatic carbocycles. The van der Waals surface area contributed by atoms with Crippen molar-refractivity contribution in [1.29, 1.82) is 0 Å². The molecule has 0 heterocycles. The van der Waals surface area contributed by atoms with E-state index in [0.29, 0.717) is 11.3 Å². The van der Waals surface area contributed by atoms with Crippen molar-refractivity contribution in [2.75, 3.05) is 0 Å². The van der Waals surface area contributed by atoms with Crippen LogP contribution in [0, 0.1) is 23.2 Å². The van der Waals surface area contributed by atoms with E-state index in [-0.39, 0.29) is 5.78 Å². The second kappa shape index (κ2) is 4.01. The lowest BCUT2D eigenvalue weighted by molar-refractivity contribution is -0.114. The van der Waals surface area contributed by atoms with Gasteiger partial charge in [-0.05, 0) is 61.3 Å². The molecule has 0 saturated heterocycles. The zero-order valence-electron chi connectivity index (χ0n) is 11.0. The Morgan fingerprint density at radius 3 is 2.69 bits per heavy atom. The van der Waals surface area contributed by atoms with E-state index in [1.165, 1.54) is 19.3 Å². The zero-order valence-corrected chi connectivity index (χ0v) is 11.0. The molecule has 1 fully saturated rings. The van der Waals surface area contributed by atoms with Gasteiger partial charge in [0.1, 0.15) is 0 Å². The SMILES string of the molecule is CC(=O)C1=CC2C(C)CCC(C)C2(C)CC1. The summed E-state index contributed by atoms with van der Waals surface area (Å²) in [7, 11) is 0. The van der Waals surface area contributed by atoms with Gasteiger partial charge in [0.15, 0.2) is 5.78 Å². The summed E-state index contributed by atoms with van der Waals surface area (Å²) in [5.41, 5.74) is 1.53. The molecular weight excluding hydrogens is 196 g/mol. The highest BCUT2D eigenvalue weighted by atomic mass is 16.1. The summed E-state index contributed by atoms with van der Waals surface area (Å²) in [4.78, 5) is 11.5. The van der Waals surface area contributed by atoms with Crippen LogP contribution in [0.2, 0.25) is 0 Å². The lowest BCUT2D eigenvalue weighted by Gasteiger charge is -2.51. The average Bonchev–Trinajstić information content (AvgIpc) is 2.24. The third kappa shape index (κ3) is 1.74. The van der Waals surface area contributed by atoms with Crippen molar-refractivity contribution >= 4 is 5.78 Å². The molecular formula is C15H24O. The smallest absolute Gasteiger partial charge is 0.155 e. The lowest BCUT2D eigenvalue weighted by atomic mass is 9.54. The Kier molecular flexibility index (Phi) is 2.98. The first kappa shape index (κ1) is 11.9. The molecule has 0 aliphatic heterocycles. The monoisotopic (exact) mass is 220 g/mol. The molecule has 4 unspecified atom stereocenters. The Hall–Kier alpha value is -0.590. The number of carbonyl (C=O) groups excluding carboxylic acids is 1. The number of carbonyl (C=O) groups is 1. The number of rotatable bonds is 1. The van der Waals surface area contributed by atoms with Gasteiger partial charge in [0, 0.05) is 0 Å². The predicted molar refractivity (Wildman–Crippen MR) is 67.2 cm³/mol. The largest absolute Gasteiger partial charge is 0.295 e. The summed E-state index contributed by atoms with van der Waals surface area (Å²) < 4.78 is 0. The number of hydrogen-bond donors (Lipinski definition) is 0. The van der Waals surface area contributed by atoms with Gasteiger partial charge < -0.3 is 0 Å². The van der Waals surface area contributed by atoms with Gasteiger partial charge in [0.2, 0.25) is 0 Å². The highest BCUT2D eigenvalue weighted by molar-refractivity contribution is 5.93. The lowest BCUT2D eigenvalue weighted by Crippen LogP contribution is -2.43. The van der Waals surface area contributed by atoms with Crippen LogP contribution in [0.4, 0.5) is 0 Å². The Bertz CT molecular complexity index is 328. The average molecular weight is 220 g/mol. The van der Waals surface area contributed by atoms with Crippen molar-refractivity contribution in [2.45, 2.75) is 53.4 Å². The Balaban J connectivity index is 2.33. The van der Waals surface area contributed by atoms with Crippen molar-refractivity contribution in [3.8, 4) is 0 Å². The van der Waals surface area contributed by atoms with Gasteiger partial charge in [-0.25, -0.2) is 0 Å². The third-order valence-corrected chi connectivity index (χ3v) is 5.32. The van der Waals surface area contributed by atoms with E-state index in [2.05, 4.69) is 26.8 Å². The van der Waals surface area contributed by atoms with Crippen molar-refractivity contribution in [3.63, 3.8) is 0 Å². The molecule has 16 heavy (non-hydrogen) atoms. The van der Waals surface area contributed by atoms with Gasteiger partial charge in [-0.2, -0.15) is 0 Å². The molecule has 2 aliphatic rings. The van der Waals surface area contributed by atoms with Crippen LogP contribution in [0.5, 0.6) is 0 Å². The van der Waals surface area contributed by atoms with E-state index in [0.717, 1.165) is 23.8 Å². The molecule has 0 amide bonds. The normalized spacial score (nSPS) is 43.5. The van der Waals surface area contributed by atoms with E-state index in [1.807, 2.05) is 0 Å². The number of ketones is 1. The van der Waals surface area contributed by atoms with Crippen LogP contribution in [-0.4, -0.2) is 5.78 Å². The summed E-state index contributed by atoms with van der Waals surface area (Å²) in [6.07, 6.45) is 7.20. The van der Waals surface area contributed by atoms with E-state index in [1.54, 1.807) is 6.92 Å². The summed E-state index contributed by atoms with van der Waals surface area (Å²) in [5.74, 6) is 2.46. The van der Waals surface area contributed by atoms with Crippen molar-refractivity contribution in [1.82, 2.24) is 0 Å². The van der Waals surface area contributed by atoms with Gasteiger partial charge in [0.05, 0.1) is 0 Å². The third-order valence-electron chi connectivity index (χ3n) is 5.32. The molecule has 90 valence electrons. The summed E-state index contributed by atoms with van der Waals surface area (Å²) in [6, 6.07) is 0. The molecule has 4 atom stereocenters. The number of hydrogen-bond acceptors (Lipinski definition) is 1. The Morgan fingerprint density at radius 2 is 2.06 bits per heavy atom. The van der Waals surface area contributed by atoms with E-state index < -0.39 is 0 Å². The fourth-order valence-electron chi connectivity index (χ4n) is 3.77. The Morgan fingerprint density at radius 1 is 1.38 bits per heavy atom. The first-order valence-corrected chi connectivity index (χ1v) is 6.67. The topological polar surface area (TPSA) is 17.1 Å². The summed E-state index contributed by atoms with van der Waals surface area (Å²) in [6.45, 7) is 8.90. The maximum Gasteiger partial charge on any atom is 0.155 e. The quantitative estimate of drug-likeness (QED) is 0.653. The maximum absolute atomic E-state index is 11.5. The molecule has 1 saturated carbocycles. The zero-order chi connectivity index (χ0) is 11.9. The number of fused-ring (bicyclic) bond motifs is 1. The minimum atomic E-state index is 0.285. The first-order chi connectivity index (χ1) is 7.45. The molecule has 0 aromatic heterocycles.